The molecule has 2 bridgehead atoms. The van der Waals surface area contributed by atoms with E-state index in [9.17, 15) is 5.11 Å². The highest BCUT2D eigenvalue weighted by molar-refractivity contribution is 5.11. The fourth-order valence-electron chi connectivity index (χ4n) is 4.93. The predicted octanol–water partition coefficient (Wildman–Crippen LogP) is 1.77. The van der Waals surface area contributed by atoms with Crippen LogP contribution < -0.4 is 5.73 Å². The van der Waals surface area contributed by atoms with Crippen molar-refractivity contribution in [3.05, 3.63) is 0 Å². The third-order valence-electron chi connectivity index (χ3n) is 5.74. The van der Waals surface area contributed by atoms with Crippen LogP contribution in [0.1, 0.15) is 39.0 Å². The van der Waals surface area contributed by atoms with Crippen LogP contribution in [0, 0.1) is 29.6 Å². The fraction of sp³-hybridized carbons (Fsp3) is 1.00. The minimum Gasteiger partial charge on any atom is -0.389 e. The van der Waals surface area contributed by atoms with Gasteiger partial charge in [0.2, 0.25) is 0 Å². The second kappa shape index (κ2) is 3.21. The molecule has 3 aliphatic carbocycles. The zero-order valence-corrected chi connectivity index (χ0v) is 9.65. The molecule has 0 heterocycles. The molecule has 0 aromatic heterocycles. The normalized spacial score (nSPS) is 54.6. The molecule has 3 rings (SSSR count). The molecule has 0 aromatic carbocycles. The van der Waals surface area contributed by atoms with Crippen LogP contribution in [0.4, 0.5) is 0 Å². The van der Waals surface area contributed by atoms with E-state index in [1.165, 1.54) is 25.7 Å². The number of nitrogens with two attached hydrogens (primary N) is 1. The molecule has 6 unspecified atom stereocenters. The van der Waals surface area contributed by atoms with Gasteiger partial charge in [0.25, 0.3) is 0 Å². The van der Waals surface area contributed by atoms with Crippen molar-refractivity contribution in [3.8, 4) is 0 Å². The summed E-state index contributed by atoms with van der Waals surface area (Å²) >= 11 is 0. The smallest absolute Gasteiger partial charge is 0.0718 e. The molecule has 3 fully saturated rings. The van der Waals surface area contributed by atoms with E-state index in [0.29, 0.717) is 12.5 Å². The molecule has 3 saturated carbocycles. The Hall–Kier alpha value is -0.0800. The molecule has 6 atom stereocenters. The first-order chi connectivity index (χ1) is 7.16. The van der Waals surface area contributed by atoms with Crippen molar-refractivity contribution in [2.45, 2.75) is 44.6 Å². The van der Waals surface area contributed by atoms with Gasteiger partial charge in [0, 0.05) is 0 Å². The number of rotatable bonds is 2. The summed E-state index contributed by atoms with van der Waals surface area (Å²) in [6, 6.07) is 0. The summed E-state index contributed by atoms with van der Waals surface area (Å²) in [5.41, 5.74) is 5.33. The average Bonchev–Trinajstić information content (AvgIpc) is 2.85. The monoisotopic (exact) mass is 209 g/mol. The largest absolute Gasteiger partial charge is 0.389 e. The molecular formula is C13H23NO. The van der Waals surface area contributed by atoms with Gasteiger partial charge in [-0.15, -0.1) is 0 Å². The van der Waals surface area contributed by atoms with Crippen molar-refractivity contribution < 1.29 is 5.11 Å². The Labute approximate surface area is 92.2 Å². The molecule has 0 amide bonds. The van der Waals surface area contributed by atoms with Gasteiger partial charge in [0.05, 0.1) is 5.60 Å². The van der Waals surface area contributed by atoms with Gasteiger partial charge in [0.1, 0.15) is 0 Å². The minimum absolute atomic E-state index is 0.286. The number of aliphatic hydroxyl groups is 1. The number of hydrogen-bond donors (Lipinski definition) is 2. The van der Waals surface area contributed by atoms with Crippen LogP contribution >= 0.6 is 0 Å². The van der Waals surface area contributed by atoms with Gasteiger partial charge < -0.3 is 10.8 Å². The average molecular weight is 209 g/mol. The van der Waals surface area contributed by atoms with Crippen LogP contribution in [-0.2, 0) is 0 Å². The molecule has 0 aliphatic heterocycles. The number of hydrogen-bond acceptors (Lipinski definition) is 2. The highest BCUT2D eigenvalue weighted by atomic mass is 16.3. The van der Waals surface area contributed by atoms with E-state index in [2.05, 4.69) is 6.92 Å². The first-order valence-electron chi connectivity index (χ1n) is 6.59. The van der Waals surface area contributed by atoms with E-state index >= 15 is 0 Å². The number of fused-ring (bicyclic) bond motifs is 5. The SMILES string of the molecule is CC(CN)C1(O)CC2CC1C1CCCC21. The van der Waals surface area contributed by atoms with Crippen molar-refractivity contribution in [1.29, 1.82) is 0 Å². The molecule has 0 radical (unpaired) electrons. The zero-order valence-electron chi connectivity index (χ0n) is 9.65. The Balaban J connectivity index is 1.86. The lowest BCUT2D eigenvalue weighted by atomic mass is 9.68. The molecule has 0 aromatic rings. The lowest BCUT2D eigenvalue weighted by Gasteiger charge is -2.42. The molecule has 2 heteroatoms. The van der Waals surface area contributed by atoms with Crippen LogP contribution in [0.15, 0.2) is 0 Å². The quantitative estimate of drug-likeness (QED) is 0.728. The molecule has 0 spiro atoms. The van der Waals surface area contributed by atoms with Crippen molar-refractivity contribution in [1.82, 2.24) is 0 Å². The minimum atomic E-state index is -0.412. The Kier molecular flexibility index (Phi) is 2.16. The molecule has 3 aliphatic rings. The van der Waals surface area contributed by atoms with Crippen molar-refractivity contribution in [2.24, 2.45) is 35.3 Å². The van der Waals surface area contributed by atoms with Crippen molar-refractivity contribution in [3.63, 3.8) is 0 Å². The lowest BCUT2D eigenvalue weighted by Crippen LogP contribution is -2.48. The van der Waals surface area contributed by atoms with Crippen LogP contribution in [0.3, 0.4) is 0 Å². The Morgan fingerprint density at radius 2 is 2.13 bits per heavy atom. The summed E-state index contributed by atoms with van der Waals surface area (Å²) in [6.07, 6.45) is 6.52. The summed E-state index contributed by atoms with van der Waals surface area (Å²) in [5.74, 6) is 3.48. The van der Waals surface area contributed by atoms with Gasteiger partial charge in [-0.05, 0) is 61.8 Å². The van der Waals surface area contributed by atoms with Crippen molar-refractivity contribution in [2.75, 3.05) is 6.54 Å². The molecule has 2 nitrogen and oxygen atoms in total. The first kappa shape index (κ1) is 10.1. The van der Waals surface area contributed by atoms with Gasteiger partial charge in [-0.2, -0.15) is 0 Å². The third kappa shape index (κ3) is 1.18. The van der Waals surface area contributed by atoms with Crippen LogP contribution in [-0.4, -0.2) is 17.3 Å². The van der Waals surface area contributed by atoms with Crippen molar-refractivity contribution >= 4 is 0 Å². The van der Waals surface area contributed by atoms with E-state index in [4.69, 9.17) is 5.73 Å². The highest BCUT2D eigenvalue weighted by Crippen LogP contribution is 2.63. The summed E-state index contributed by atoms with van der Waals surface area (Å²) in [5, 5.41) is 10.8. The lowest BCUT2D eigenvalue weighted by molar-refractivity contribution is -0.0829. The van der Waals surface area contributed by atoms with E-state index in [1.54, 1.807) is 0 Å². The van der Waals surface area contributed by atoms with E-state index < -0.39 is 5.60 Å². The van der Waals surface area contributed by atoms with E-state index in [0.717, 1.165) is 24.2 Å². The first-order valence-corrected chi connectivity index (χ1v) is 6.59. The summed E-state index contributed by atoms with van der Waals surface area (Å²) in [7, 11) is 0. The topological polar surface area (TPSA) is 46.2 Å². The molecule has 0 saturated heterocycles. The van der Waals surface area contributed by atoms with Crippen LogP contribution in [0.5, 0.6) is 0 Å². The van der Waals surface area contributed by atoms with Gasteiger partial charge in [-0.1, -0.05) is 13.3 Å². The maximum absolute atomic E-state index is 10.8. The standard InChI is InChI=1S/C13H23NO/c1-8(7-14)13(15)6-9-5-12(13)11-4-2-3-10(9)11/h8-12,15H,2-7,14H2,1H3. The Morgan fingerprint density at radius 3 is 2.87 bits per heavy atom. The Morgan fingerprint density at radius 1 is 1.40 bits per heavy atom. The second-order valence-corrected chi connectivity index (χ2v) is 6.19. The predicted molar refractivity (Wildman–Crippen MR) is 60.2 cm³/mol. The summed E-state index contributed by atoms with van der Waals surface area (Å²) in [4.78, 5) is 0. The van der Waals surface area contributed by atoms with E-state index in [-0.39, 0.29) is 5.92 Å². The van der Waals surface area contributed by atoms with Crippen LogP contribution in [0.2, 0.25) is 0 Å². The van der Waals surface area contributed by atoms with Gasteiger partial charge in [0.15, 0.2) is 0 Å². The van der Waals surface area contributed by atoms with Crippen LogP contribution in [0.25, 0.3) is 0 Å². The molecule has 86 valence electrons. The second-order valence-electron chi connectivity index (χ2n) is 6.19. The third-order valence-corrected chi connectivity index (χ3v) is 5.74. The van der Waals surface area contributed by atoms with Gasteiger partial charge in [-0.25, -0.2) is 0 Å². The molecular weight excluding hydrogens is 186 g/mol. The highest BCUT2D eigenvalue weighted by Gasteiger charge is 2.61. The van der Waals surface area contributed by atoms with Gasteiger partial charge in [-0.3, -0.25) is 0 Å². The van der Waals surface area contributed by atoms with Gasteiger partial charge >= 0.3 is 0 Å². The fourth-order valence-corrected chi connectivity index (χ4v) is 4.93. The van der Waals surface area contributed by atoms with E-state index in [1.807, 2.05) is 0 Å². The summed E-state index contributed by atoms with van der Waals surface area (Å²) < 4.78 is 0. The summed E-state index contributed by atoms with van der Waals surface area (Å²) in [6.45, 7) is 2.77. The maximum Gasteiger partial charge on any atom is 0.0718 e. The Bertz CT molecular complexity index is 267. The molecule has 3 N–H and O–H groups in total. The zero-order chi connectivity index (χ0) is 10.6. The molecule has 15 heavy (non-hydrogen) atoms. The maximum atomic E-state index is 10.8.